The number of nitrogens with zero attached hydrogens (tertiary/aromatic N) is 6. The Kier molecular flexibility index (Phi) is 10.4. The second-order valence-corrected chi connectivity index (χ2v) is 7.68. The molecule has 0 aromatic carbocycles. The smallest absolute Gasteiger partial charge is 0.194 e. The maximum atomic E-state index is 4.99. The zero-order chi connectivity index (χ0) is 19.8. The van der Waals surface area contributed by atoms with E-state index in [0.717, 1.165) is 70.7 Å². The summed E-state index contributed by atoms with van der Waals surface area (Å²) >= 11 is 0. The van der Waals surface area contributed by atoms with Crippen LogP contribution >= 0.6 is 24.0 Å². The number of likely N-dealkylation sites (N-methyl/N-ethyl adjacent to an activating group) is 1. The highest BCUT2D eigenvalue weighted by atomic mass is 127. The molecule has 7 nitrogen and oxygen atoms in total. The van der Waals surface area contributed by atoms with E-state index in [1.807, 2.05) is 12.3 Å². The summed E-state index contributed by atoms with van der Waals surface area (Å²) in [4.78, 5) is 19.3. The molecule has 1 unspecified atom stereocenters. The van der Waals surface area contributed by atoms with Crippen LogP contribution in [-0.2, 0) is 0 Å². The van der Waals surface area contributed by atoms with Crippen LogP contribution in [0.3, 0.4) is 0 Å². The van der Waals surface area contributed by atoms with E-state index in [-0.39, 0.29) is 24.0 Å². The van der Waals surface area contributed by atoms with Crippen molar-refractivity contribution in [3.8, 4) is 0 Å². The highest BCUT2D eigenvalue weighted by molar-refractivity contribution is 14.0. The third kappa shape index (κ3) is 6.96. The number of pyridine rings is 1. The van der Waals surface area contributed by atoms with Crippen molar-refractivity contribution in [2.45, 2.75) is 26.8 Å². The first-order valence-corrected chi connectivity index (χ1v) is 10.9. The van der Waals surface area contributed by atoms with Crippen molar-refractivity contribution in [3.63, 3.8) is 0 Å². The van der Waals surface area contributed by atoms with E-state index in [1.54, 1.807) is 0 Å². The van der Waals surface area contributed by atoms with Gasteiger partial charge in [-0.1, -0.05) is 13.0 Å². The molecule has 1 aromatic heterocycles. The number of aromatic nitrogens is 1. The molecule has 164 valence electrons. The van der Waals surface area contributed by atoms with Crippen molar-refractivity contribution in [2.24, 2.45) is 4.99 Å². The van der Waals surface area contributed by atoms with Crippen LogP contribution in [0.25, 0.3) is 0 Å². The number of piperazine rings is 2. The van der Waals surface area contributed by atoms with Gasteiger partial charge in [-0.15, -0.1) is 24.0 Å². The van der Waals surface area contributed by atoms with Crippen LogP contribution < -0.4 is 10.2 Å². The standard InChI is InChI=1S/C21H37N7.HI/c1-4-22-21(24-18-19(3)26-12-10-25(5-2)11-13-26)28-16-14-27(15-17-28)20-8-6-7-9-23-20;/h6-9,19H,4-5,10-18H2,1-3H3,(H,22,24);1H. The molecule has 1 N–H and O–H groups in total. The molecule has 0 radical (unpaired) electrons. The Hall–Kier alpha value is -1.13. The Bertz CT molecular complexity index is 596. The van der Waals surface area contributed by atoms with Gasteiger partial charge in [0, 0.05) is 71.1 Å². The minimum absolute atomic E-state index is 0. The lowest BCUT2D eigenvalue weighted by Gasteiger charge is -2.38. The van der Waals surface area contributed by atoms with Crippen molar-refractivity contribution in [1.82, 2.24) is 25.0 Å². The summed E-state index contributed by atoms with van der Waals surface area (Å²) in [5, 5.41) is 3.50. The number of aliphatic imine (C=N–C) groups is 1. The molecule has 2 saturated heterocycles. The Morgan fingerprint density at radius 3 is 2.38 bits per heavy atom. The number of nitrogens with one attached hydrogen (secondary N) is 1. The fourth-order valence-electron chi connectivity index (χ4n) is 3.97. The fourth-order valence-corrected chi connectivity index (χ4v) is 3.97. The summed E-state index contributed by atoms with van der Waals surface area (Å²) in [5.41, 5.74) is 0. The average molecular weight is 515 g/mol. The Morgan fingerprint density at radius 2 is 1.79 bits per heavy atom. The molecule has 2 aliphatic rings. The van der Waals surface area contributed by atoms with E-state index >= 15 is 0 Å². The molecule has 0 saturated carbocycles. The van der Waals surface area contributed by atoms with E-state index in [1.165, 1.54) is 13.1 Å². The van der Waals surface area contributed by atoms with Gasteiger partial charge in [-0.05, 0) is 32.5 Å². The zero-order valence-corrected chi connectivity index (χ0v) is 20.6. The van der Waals surface area contributed by atoms with E-state index in [0.29, 0.717) is 6.04 Å². The molecular weight excluding hydrogens is 477 g/mol. The summed E-state index contributed by atoms with van der Waals surface area (Å²) in [6.07, 6.45) is 1.87. The minimum Gasteiger partial charge on any atom is -0.357 e. The lowest BCUT2D eigenvalue weighted by molar-refractivity contribution is 0.109. The number of rotatable bonds is 6. The maximum absolute atomic E-state index is 4.99. The topological polar surface area (TPSA) is 50.2 Å². The van der Waals surface area contributed by atoms with Gasteiger partial charge >= 0.3 is 0 Å². The Labute approximate surface area is 193 Å². The minimum atomic E-state index is 0. The molecule has 3 rings (SSSR count). The van der Waals surface area contributed by atoms with Crippen LogP contribution in [0.5, 0.6) is 0 Å². The van der Waals surface area contributed by atoms with Crippen LogP contribution in [0, 0.1) is 0 Å². The molecule has 1 aromatic rings. The number of halogens is 1. The number of hydrogen-bond donors (Lipinski definition) is 1. The molecule has 2 aliphatic heterocycles. The molecule has 1 atom stereocenters. The molecule has 2 fully saturated rings. The SMILES string of the molecule is CCNC(=NCC(C)N1CCN(CC)CC1)N1CCN(c2ccccn2)CC1.I. The lowest BCUT2D eigenvalue weighted by Crippen LogP contribution is -2.53. The highest BCUT2D eigenvalue weighted by Gasteiger charge is 2.22. The Balaban J connectivity index is 0.00000300. The first-order valence-electron chi connectivity index (χ1n) is 10.9. The largest absolute Gasteiger partial charge is 0.357 e. The van der Waals surface area contributed by atoms with Gasteiger partial charge in [-0.25, -0.2) is 4.98 Å². The van der Waals surface area contributed by atoms with Gasteiger partial charge in [0.15, 0.2) is 5.96 Å². The molecular formula is C21H38IN7. The predicted octanol–water partition coefficient (Wildman–Crippen LogP) is 1.81. The predicted molar refractivity (Wildman–Crippen MR) is 133 cm³/mol. The summed E-state index contributed by atoms with van der Waals surface area (Å²) in [6, 6.07) is 6.61. The molecule has 0 spiro atoms. The van der Waals surface area contributed by atoms with Gasteiger partial charge in [0.05, 0.1) is 6.54 Å². The van der Waals surface area contributed by atoms with E-state index < -0.39 is 0 Å². The first kappa shape index (κ1) is 24.1. The van der Waals surface area contributed by atoms with Gasteiger partial charge in [0.1, 0.15) is 5.82 Å². The second-order valence-electron chi connectivity index (χ2n) is 7.68. The van der Waals surface area contributed by atoms with E-state index in [9.17, 15) is 0 Å². The van der Waals surface area contributed by atoms with Gasteiger partial charge in [0.25, 0.3) is 0 Å². The van der Waals surface area contributed by atoms with Crippen LogP contribution in [0.1, 0.15) is 20.8 Å². The molecule has 8 heteroatoms. The van der Waals surface area contributed by atoms with Crippen LogP contribution in [0.4, 0.5) is 5.82 Å². The van der Waals surface area contributed by atoms with Gasteiger partial charge in [0.2, 0.25) is 0 Å². The van der Waals surface area contributed by atoms with Crippen LogP contribution in [0.2, 0.25) is 0 Å². The van der Waals surface area contributed by atoms with Gasteiger partial charge in [-0.2, -0.15) is 0 Å². The monoisotopic (exact) mass is 515 g/mol. The average Bonchev–Trinajstić information content (AvgIpc) is 2.77. The highest BCUT2D eigenvalue weighted by Crippen LogP contribution is 2.13. The summed E-state index contributed by atoms with van der Waals surface area (Å²) in [6.45, 7) is 18.2. The summed E-state index contributed by atoms with van der Waals surface area (Å²) < 4.78 is 0. The van der Waals surface area contributed by atoms with Gasteiger partial charge < -0.3 is 20.0 Å². The van der Waals surface area contributed by atoms with Gasteiger partial charge in [-0.3, -0.25) is 9.89 Å². The van der Waals surface area contributed by atoms with E-state index in [2.05, 4.69) is 62.8 Å². The van der Waals surface area contributed by atoms with Crippen molar-refractivity contribution >= 4 is 35.8 Å². The molecule has 0 aliphatic carbocycles. The van der Waals surface area contributed by atoms with E-state index in [4.69, 9.17) is 4.99 Å². The summed E-state index contributed by atoms with van der Waals surface area (Å²) in [5.74, 6) is 2.13. The lowest BCUT2D eigenvalue weighted by atomic mass is 10.2. The van der Waals surface area contributed by atoms with Crippen LogP contribution in [-0.4, -0.2) is 104 Å². The third-order valence-corrected chi connectivity index (χ3v) is 5.87. The zero-order valence-electron chi connectivity index (χ0n) is 18.3. The Morgan fingerprint density at radius 1 is 1.07 bits per heavy atom. The molecule has 0 bridgehead atoms. The molecule has 29 heavy (non-hydrogen) atoms. The van der Waals surface area contributed by atoms with Crippen molar-refractivity contribution in [2.75, 3.05) is 76.9 Å². The van der Waals surface area contributed by atoms with Crippen LogP contribution in [0.15, 0.2) is 29.4 Å². The quantitative estimate of drug-likeness (QED) is 0.355. The fraction of sp³-hybridized carbons (Fsp3) is 0.714. The second kappa shape index (κ2) is 12.5. The first-order chi connectivity index (χ1) is 13.7. The van der Waals surface area contributed by atoms with Crippen molar-refractivity contribution in [1.29, 1.82) is 0 Å². The van der Waals surface area contributed by atoms with Crippen molar-refractivity contribution < 1.29 is 0 Å². The number of anilines is 1. The maximum Gasteiger partial charge on any atom is 0.194 e. The number of guanidine groups is 1. The number of hydrogen-bond acceptors (Lipinski definition) is 5. The summed E-state index contributed by atoms with van der Waals surface area (Å²) in [7, 11) is 0. The van der Waals surface area contributed by atoms with Crippen molar-refractivity contribution in [3.05, 3.63) is 24.4 Å². The molecule has 3 heterocycles. The normalized spacial score (nSPS) is 20.3. The molecule has 0 amide bonds. The third-order valence-electron chi connectivity index (χ3n) is 5.87.